The van der Waals surface area contributed by atoms with Crippen molar-refractivity contribution < 1.29 is 4.39 Å². The molecule has 0 bridgehead atoms. The summed E-state index contributed by atoms with van der Waals surface area (Å²) in [5.41, 5.74) is 6.56. The van der Waals surface area contributed by atoms with Gasteiger partial charge in [0.25, 0.3) is 0 Å². The Morgan fingerprint density at radius 1 is 1.38 bits per heavy atom. The summed E-state index contributed by atoms with van der Waals surface area (Å²) in [5, 5.41) is 8.96. The molecule has 2 aromatic rings. The number of hydrogen-bond donors (Lipinski definition) is 1. The van der Waals surface area contributed by atoms with Crippen LogP contribution in [0.4, 0.5) is 9.52 Å². The van der Waals surface area contributed by atoms with E-state index in [0.717, 1.165) is 9.47 Å². The summed E-state index contributed by atoms with van der Waals surface area (Å²) in [5.74, 6) is 5.77. The molecule has 0 saturated carbocycles. The van der Waals surface area contributed by atoms with Crippen LogP contribution < -0.4 is 10.6 Å². The quantitative estimate of drug-likeness (QED) is 0.692. The zero-order valence-electron chi connectivity index (χ0n) is 11.8. The van der Waals surface area contributed by atoms with Crippen LogP contribution in [-0.4, -0.2) is 30.8 Å². The number of nitrogens with two attached hydrogens (primary N) is 1. The van der Waals surface area contributed by atoms with Gasteiger partial charge in [-0.1, -0.05) is 41.0 Å². The molecule has 7 heteroatoms. The van der Waals surface area contributed by atoms with Crippen LogP contribution in [0.2, 0.25) is 0 Å². The fraction of sp³-hybridized carbons (Fsp3) is 0.286. The first kappa shape index (κ1) is 15.8. The molecule has 2 N–H and O–H groups in total. The maximum absolute atomic E-state index is 14.0. The summed E-state index contributed by atoms with van der Waals surface area (Å²) in [4.78, 5) is 1.90. The largest absolute Gasteiger partial charge is 0.353 e. The second-order valence-electron chi connectivity index (χ2n) is 4.35. The molecule has 0 spiro atoms. The third kappa shape index (κ3) is 4.43. The molecule has 0 aliphatic carbocycles. The predicted octanol–water partition coefficient (Wildman–Crippen LogP) is 2.35. The van der Waals surface area contributed by atoms with Gasteiger partial charge in [0.2, 0.25) is 5.13 Å². The summed E-state index contributed by atoms with van der Waals surface area (Å²) in [6, 6.07) is 4.98. The summed E-state index contributed by atoms with van der Waals surface area (Å²) in [6.45, 7) is 0.268. The van der Waals surface area contributed by atoms with Crippen LogP contribution in [0.25, 0.3) is 0 Å². The number of benzene rings is 1. The molecule has 0 aliphatic rings. The van der Waals surface area contributed by atoms with Crippen molar-refractivity contribution in [2.24, 2.45) is 5.73 Å². The van der Waals surface area contributed by atoms with Gasteiger partial charge in [-0.15, -0.1) is 10.2 Å². The Kier molecular flexibility index (Phi) is 5.56. The number of thioether (sulfide) groups is 1. The standard InChI is InChI=1S/C14H15FN4S2/c1-19(2)13-17-18-14(21-13)20-9-11-6-5-10(4-3-7-16)8-12(11)15/h5-6,8H,7,9,16H2,1-2H3. The van der Waals surface area contributed by atoms with Gasteiger partial charge in [-0.3, -0.25) is 0 Å². The molecule has 0 saturated heterocycles. The number of aromatic nitrogens is 2. The highest BCUT2D eigenvalue weighted by molar-refractivity contribution is 8.00. The van der Waals surface area contributed by atoms with E-state index in [9.17, 15) is 4.39 Å². The van der Waals surface area contributed by atoms with Gasteiger partial charge in [0.15, 0.2) is 4.34 Å². The Hall–Kier alpha value is -1.62. The van der Waals surface area contributed by atoms with Gasteiger partial charge < -0.3 is 10.6 Å². The van der Waals surface area contributed by atoms with Crippen molar-refractivity contribution >= 4 is 28.2 Å². The van der Waals surface area contributed by atoms with Crippen molar-refractivity contribution in [2.75, 3.05) is 25.5 Å². The Balaban J connectivity index is 2.02. The number of rotatable bonds is 4. The molecular weight excluding hydrogens is 307 g/mol. The zero-order chi connectivity index (χ0) is 15.2. The fourth-order valence-electron chi connectivity index (χ4n) is 1.48. The predicted molar refractivity (Wildman–Crippen MR) is 86.1 cm³/mol. The Bertz CT molecular complexity index is 673. The minimum absolute atomic E-state index is 0.260. The Labute approximate surface area is 131 Å². The van der Waals surface area contributed by atoms with E-state index in [1.165, 1.54) is 29.2 Å². The molecule has 0 radical (unpaired) electrons. The van der Waals surface area contributed by atoms with Gasteiger partial charge in [0, 0.05) is 25.4 Å². The highest BCUT2D eigenvalue weighted by Crippen LogP contribution is 2.30. The van der Waals surface area contributed by atoms with Crippen molar-refractivity contribution in [1.82, 2.24) is 10.2 Å². The van der Waals surface area contributed by atoms with Crippen LogP contribution in [0.5, 0.6) is 0 Å². The molecule has 0 atom stereocenters. The van der Waals surface area contributed by atoms with E-state index in [1.807, 2.05) is 19.0 Å². The first-order chi connectivity index (χ1) is 10.1. The maximum Gasteiger partial charge on any atom is 0.208 e. The van der Waals surface area contributed by atoms with Crippen LogP contribution in [0.15, 0.2) is 22.5 Å². The Morgan fingerprint density at radius 2 is 2.19 bits per heavy atom. The van der Waals surface area contributed by atoms with Crippen LogP contribution in [0.1, 0.15) is 11.1 Å². The first-order valence-electron chi connectivity index (χ1n) is 6.21. The minimum Gasteiger partial charge on any atom is -0.353 e. The number of halogens is 1. The van der Waals surface area contributed by atoms with Crippen molar-refractivity contribution in [2.45, 2.75) is 10.1 Å². The van der Waals surface area contributed by atoms with Gasteiger partial charge in [0.1, 0.15) is 5.82 Å². The van der Waals surface area contributed by atoms with E-state index in [1.54, 1.807) is 12.1 Å². The van der Waals surface area contributed by atoms with Crippen LogP contribution in [0, 0.1) is 17.7 Å². The van der Waals surface area contributed by atoms with Gasteiger partial charge in [0.05, 0.1) is 6.54 Å². The molecule has 110 valence electrons. The van der Waals surface area contributed by atoms with Crippen molar-refractivity contribution in [3.8, 4) is 11.8 Å². The normalized spacial score (nSPS) is 10.1. The van der Waals surface area contributed by atoms with E-state index in [-0.39, 0.29) is 12.4 Å². The van der Waals surface area contributed by atoms with E-state index < -0.39 is 0 Å². The molecule has 21 heavy (non-hydrogen) atoms. The lowest BCUT2D eigenvalue weighted by Crippen LogP contribution is -2.07. The zero-order valence-corrected chi connectivity index (χ0v) is 13.4. The van der Waals surface area contributed by atoms with Crippen molar-refractivity contribution in [3.63, 3.8) is 0 Å². The third-order valence-electron chi connectivity index (χ3n) is 2.52. The van der Waals surface area contributed by atoms with Gasteiger partial charge in [-0.2, -0.15) is 0 Å². The highest BCUT2D eigenvalue weighted by Gasteiger charge is 2.09. The molecule has 4 nitrogen and oxygen atoms in total. The van der Waals surface area contributed by atoms with Gasteiger partial charge >= 0.3 is 0 Å². The van der Waals surface area contributed by atoms with Crippen LogP contribution in [0.3, 0.4) is 0 Å². The van der Waals surface area contributed by atoms with Gasteiger partial charge in [-0.05, 0) is 17.7 Å². The van der Waals surface area contributed by atoms with E-state index in [0.29, 0.717) is 16.9 Å². The summed E-state index contributed by atoms with van der Waals surface area (Å²) in [7, 11) is 3.82. The number of hydrogen-bond acceptors (Lipinski definition) is 6. The van der Waals surface area contributed by atoms with Crippen LogP contribution in [-0.2, 0) is 5.75 Å². The molecule has 1 aromatic heterocycles. The average molecular weight is 322 g/mol. The second-order valence-corrected chi connectivity index (χ2v) is 6.52. The second kappa shape index (κ2) is 7.41. The smallest absolute Gasteiger partial charge is 0.208 e. The van der Waals surface area contributed by atoms with Gasteiger partial charge in [-0.25, -0.2) is 4.39 Å². The lowest BCUT2D eigenvalue weighted by atomic mass is 10.1. The molecule has 1 heterocycles. The fourth-order valence-corrected chi connectivity index (χ4v) is 3.23. The molecule has 2 rings (SSSR count). The highest BCUT2D eigenvalue weighted by atomic mass is 32.2. The average Bonchev–Trinajstić information content (AvgIpc) is 2.93. The molecular formula is C14H15FN4S2. The SMILES string of the molecule is CN(C)c1nnc(SCc2ccc(C#CCN)cc2F)s1. The molecule has 0 aliphatic heterocycles. The Morgan fingerprint density at radius 3 is 2.81 bits per heavy atom. The molecule has 0 amide bonds. The summed E-state index contributed by atoms with van der Waals surface area (Å²) in [6.07, 6.45) is 0. The lowest BCUT2D eigenvalue weighted by Gasteiger charge is -2.04. The number of anilines is 1. The molecule has 0 unspecified atom stereocenters. The van der Waals surface area contributed by atoms with E-state index >= 15 is 0 Å². The minimum atomic E-state index is -0.260. The molecule has 0 fully saturated rings. The summed E-state index contributed by atoms with van der Waals surface area (Å²) < 4.78 is 14.8. The van der Waals surface area contributed by atoms with Crippen molar-refractivity contribution in [3.05, 3.63) is 35.1 Å². The van der Waals surface area contributed by atoms with E-state index in [2.05, 4.69) is 22.0 Å². The van der Waals surface area contributed by atoms with Crippen molar-refractivity contribution in [1.29, 1.82) is 0 Å². The summed E-state index contributed by atoms with van der Waals surface area (Å²) >= 11 is 2.96. The maximum atomic E-state index is 14.0. The number of nitrogens with zero attached hydrogens (tertiary/aromatic N) is 3. The lowest BCUT2D eigenvalue weighted by molar-refractivity contribution is 0.617. The molecule has 1 aromatic carbocycles. The van der Waals surface area contributed by atoms with Crippen LogP contribution >= 0.6 is 23.1 Å². The monoisotopic (exact) mass is 322 g/mol. The first-order valence-corrected chi connectivity index (χ1v) is 8.01. The van der Waals surface area contributed by atoms with E-state index in [4.69, 9.17) is 5.73 Å². The topological polar surface area (TPSA) is 55.0 Å². The third-order valence-corrected chi connectivity index (χ3v) is 4.79.